The van der Waals surface area contributed by atoms with Gasteiger partial charge in [0.05, 0.1) is 0 Å². The zero-order valence-electron chi connectivity index (χ0n) is 10.4. The lowest BCUT2D eigenvalue weighted by Crippen LogP contribution is -2.39. The molecule has 0 atom stereocenters. The minimum Gasteiger partial charge on any atom is -0.396 e. The molecule has 1 rings (SSSR count). The molecule has 18 heavy (non-hydrogen) atoms. The summed E-state index contributed by atoms with van der Waals surface area (Å²) in [5.74, 6) is 0. The Kier molecular flexibility index (Phi) is 6.20. The fourth-order valence-electron chi connectivity index (χ4n) is 1.39. The molecule has 0 unspecified atom stereocenters. The highest BCUT2D eigenvalue weighted by molar-refractivity contribution is 7.87. The summed E-state index contributed by atoms with van der Waals surface area (Å²) in [5.41, 5.74) is 0.984. The molecular weight excluding hydrogens is 254 g/mol. The van der Waals surface area contributed by atoms with Crippen LogP contribution < -0.4 is 4.72 Å². The Morgan fingerprint density at radius 2 is 2.28 bits per heavy atom. The summed E-state index contributed by atoms with van der Waals surface area (Å²) in [6, 6.07) is 3.72. The molecule has 0 bridgehead atoms. The molecule has 1 aromatic rings. The highest BCUT2D eigenvalue weighted by Crippen LogP contribution is 1.98. The molecular formula is C11H19N3O3S. The SMILES string of the molecule is CN(CCCO)S(=O)(=O)NCCc1cccnc1. The number of hydrogen-bond acceptors (Lipinski definition) is 4. The summed E-state index contributed by atoms with van der Waals surface area (Å²) >= 11 is 0. The third kappa shape index (κ3) is 5.09. The van der Waals surface area contributed by atoms with Crippen LogP contribution in [0.1, 0.15) is 12.0 Å². The Balaban J connectivity index is 2.38. The average molecular weight is 273 g/mol. The van der Waals surface area contributed by atoms with Crippen molar-refractivity contribution in [2.45, 2.75) is 12.8 Å². The van der Waals surface area contributed by atoms with Crippen molar-refractivity contribution in [2.75, 3.05) is 26.7 Å². The highest BCUT2D eigenvalue weighted by atomic mass is 32.2. The molecule has 1 aromatic heterocycles. The first-order chi connectivity index (χ1) is 8.56. The van der Waals surface area contributed by atoms with E-state index in [1.807, 2.05) is 12.1 Å². The Bertz CT molecular complexity index is 436. The Hall–Kier alpha value is -1.02. The van der Waals surface area contributed by atoms with Gasteiger partial charge in [-0.2, -0.15) is 12.7 Å². The number of aliphatic hydroxyl groups excluding tert-OH is 1. The molecule has 0 aliphatic rings. The lowest BCUT2D eigenvalue weighted by atomic mass is 10.2. The van der Waals surface area contributed by atoms with Crippen LogP contribution in [0.3, 0.4) is 0 Å². The zero-order valence-corrected chi connectivity index (χ0v) is 11.2. The van der Waals surface area contributed by atoms with Crippen LogP contribution in [0.15, 0.2) is 24.5 Å². The molecule has 0 radical (unpaired) electrons. The van der Waals surface area contributed by atoms with Crippen LogP contribution >= 0.6 is 0 Å². The Labute approximate surface area is 108 Å². The first-order valence-corrected chi connectivity index (χ1v) is 7.21. The molecule has 0 aliphatic carbocycles. The number of pyridine rings is 1. The van der Waals surface area contributed by atoms with Crippen molar-refractivity contribution in [3.8, 4) is 0 Å². The van der Waals surface area contributed by atoms with Crippen LogP contribution in [0.5, 0.6) is 0 Å². The van der Waals surface area contributed by atoms with Gasteiger partial charge >= 0.3 is 0 Å². The third-order valence-corrected chi connectivity index (χ3v) is 4.03. The quantitative estimate of drug-likeness (QED) is 0.685. The average Bonchev–Trinajstić information content (AvgIpc) is 2.37. The molecule has 6 nitrogen and oxygen atoms in total. The van der Waals surface area contributed by atoms with Crippen LogP contribution in [0.2, 0.25) is 0 Å². The van der Waals surface area contributed by atoms with Crippen LogP contribution in [0.4, 0.5) is 0 Å². The molecule has 0 saturated heterocycles. The highest BCUT2D eigenvalue weighted by Gasteiger charge is 2.15. The van der Waals surface area contributed by atoms with Crippen LogP contribution in [-0.4, -0.2) is 49.6 Å². The second-order valence-corrected chi connectivity index (χ2v) is 5.77. The number of nitrogens with one attached hydrogen (secondary N) is 1. The first kappa shape index (κ1) is 15.0. The molecule has 0 aromatic carbocycles. The van der Waals surface area contributed by atoms with Crippen molar-refractivity contribution >= 4 is 10.2 Å². The van der Waals surface area contributed by atoms with Crippen LogP contribution in [0.25, 0.3) is 0 Å². The predicted octanol–water partition coefficient (Wildman–Crippen LogP) is -0.227. The van der Waals surface area contributed by atoms with Crippen molar-refractivity contribution in [1.29, 1.82) is 0 Å². The summed E-state index contributed by atoms with van der Waals surface area (Å²) < 4.78 is 27.2. The molecule has 0 spiro atoms. The van der Waals surface area contributed by atoms with Gasteiger partial charge in [0.1, 0.15) is 0 Å². The molecule has 0 saturated carbocycles. The van der Waals surface area contributed by atoms with E-state index in [9.17, 15) is 8.42 Å². The maximum Gasteiger partial charge on any atom is 0.279 e. The first-order valence-electron chi connectivity index (χ1n) is 5.77. The van der Waals surface area contributed by atoms with Crippen LogP contribution in [-0.2, 0) is 16.6 Å². The zero-order chi connectivity index (χ0) is 13.4. The van der Waals surface area contributed by atoms with Gasteiger partial charge in [0.15, 0.2) is 0 Å². The summed E-state index contributed by atoms with van der Waals surface area (Å²) in [6.45, 7) is 0.617. The number of rotatable bonds is 8. The molecule has 0 aliphatic heterocycles. The lowest BCUT2D eigenvalue weighted by Gasteiger charge is -2.17. The van der Waals surface area contributed by atoms with E-state index in [1.54, 1.807) is 12.4 Å². The molecule has 0 fully saturated rings. The minimum absolute atomic E-state index is 0.0183. The smallest absolute Gasteiger partial charge is 0.279 e. The van der Waals surface area contributed by atoms with E-state index in [2.05, 4.69) is 9.71 Å². The van der Waals surface area contributed by atoms with Gasteiger partial charge in [0.25, 0.3) is 10.2 Å². The summed E-state index contributed by atoms with van der Waals surface area (Å²) in [5, 5.41) is 8.66. The third-order valence-electron chi connectivity index (χ3n) is 2.46. The van der Waals surface area contributed by atoms with Gasteiger partial charge < -0.3 is 5.11 Å². The van der Waals surface area contributed by atoms with Gasteiger partial charge in [-0.1, -0.05) is 6.07 Å². The van der Waals surface area contributed by atoms with E-state index < -0.39 is 10.2 Å². The van der Waals surface area contributed by atoms with E-state index >= 15 is 0 Å². The maximum absolute atomic E-state index is 11.7. The van der Waals surface area contributed by atoms with Crippen molar-refractivity contribution in [3.05, 3.63) is 30.1 Å². The van der Waals surface area contributed by atoms with Gasteiger partial charge in [0, 0.05) is 39.1 Å². The molecule has 7 heteroatoms. The van der Waals surface area contributed by atoms with E-state index in [0.717, 1.165) is 5.56 Å². The van der Waals surface area contributed by atoms with Gasteiger partial charge in [0.2, 0.25) is 0 Å². The van der Waals surface area contributed by atoms with Gasteiger partial charge in [-0.05, 0) is 24.5 Å². The normalized spacial score (nSPS) is 11.9. The Morgan fingerprint density at radius 3 is 2.89 bits per heavy atom. The molecule has 0 amide bonds. The largest absolute Gasteiger partial charge is 0.396 e. The topological polar surface area (TPSA) is 82.5 Å². The molecule has 1 heterocycles. The summed E-state index contributed by atoms with van der Waals surface area (Å²) in [7, 11) is -1.96. The number of aliphatic hydroxyl groups is 1. The van der Waals surface area contributed by atoms with Crippen LogP contribution in [0, 0.1) is 0 Å². The van der Waals surface area contributed by atoms with Crippen molar-refractivity contribution < 1.29 is 13.5 Å². The van der Waals surface area contributed by atoms with Crippen molar-refractivity contribution in [2.24, 2.45) is 0 Å². The van der Waals surface area contributed by atoms with E-state index in [-0.39, 0.29) is 6.61 Å². The second kappa shape index (κ2) is 7.42. The monoisotopic (exact) mass is 273 g/mol. The maximum atomic E-state index is 11.7. The predicted molar refractivity (Wildman–Crippen MR) is 69.2 cm³/mol. The van der Waals surface area contributed by atoms with E-state index in [0.29, 0.717) is 25.9 Å². The second-order valence-electron chi connectivity index (χ2n) is 3.91. The lowest BCUT2D eigenvalue weighted by molar-refractivity contribution is 0.275. The fourth-order valence-corrected chi connectivity index (χ4v) is 2.34. The number of hydrogen-bond donors (Lipinski definition) is 2. The van der Waals surface area contributed by atoms with Crippen molar-refractivity contribution in [1.82, 2.24) is 14.0 Å². The standard InChI is InChI=1S/C11H19N3O3S/c1-14(8-3-9-15)18(16,17)13-7-5-11-4-2-6-12-10-11/h2,4,6,10,13,15H,3,5,7-9H2,1H3. The number of aromatic nitrogens is 1. The van der Waals surface area contributed by atoms with Gasteiger partial charge in [-0.3, -0.25) is 4.98 Å². The summed E-state index contributed by atoms with van der Waals surface area (Å²) in [4.78, 5) is 3.96. The Morgan fingerprint density at radius 1 is 1.50 bits per heavy atom. The summed E-state index contributed by atoms with van der Waals surface area (Å²) in [6.07, 6.45) is 4.42. The number of nitrogens with zero attached hydrogens (tertiary/aromatic N) is 2. The molecule has 2 N–H and O–H groups in total. The van der Waals surface area contributed by atoms with Gasteiger partial charge in [-0.25, -0.2) is 4.72 Å². The fraction of sp³-hybridized carbons (Fsp3) is 0.545. The van der Waals surface area contributed by atoms with E-state index in [1.165, 1.54) is 11.4 Å². The minimum atomic E-state index is -3.45. The van der Waals surface area contributed by atoms with Gasteiger partial charge in [-0.15, -0.1) is 0 Å². The molecule has 102 valence electrons. The van der Waals surface area contributed by atoms with E-state index in [4.69, 9.17) is 5.11 Å². The van der Waals surface area contributed by atoms with Crippen molar-refractivity contribution in [3.63, 3.8) is 0 Å².